The normalized spacial score (nSPS) is 20.0. The summed E-state index contributed by atoms with van der Waals surface area (Å²) in [6.07, 6.45) is 3.84. The molecule has 1 atom stereocenters. The molecule has 2 aliphatic heterocycles. The van der Waals surface area contributed by atoms with Gasteiger partial charge in [-0.25, -0.2) is 19.2 Å². The van der Waals surface area contributed by atoms with Gasteiger partial charge in [0.05, 0.1) is 17.9 Å². The van der Waals surface area contributed by atoms with Crippen molar-refractivity contribution in [1.82, 2.24) is 15.3 Å². The average Bonchev–Trinajstić information content (AvgIpc) is 3.41. The van der Waals surface area contributed by atoms with Crippen LogP contribution in [0.2, 0.25) is 0 Å². The maximum atomic E-state index is 13.1. The van der Waals surface area contributed by atoms with Gasteiger partial charge in [0.25, 0.3) is 5.91 Å². The van der Waals surface area contributed by atoms with E-state index in [0.717, 1.165) is 37.7 Å². The molecule has 3 aliphatic rings. The van der Waals surface area contributed by atoms with E-state index in [1.54, 1.807) is 11.0 Å². The van der Waals surface area contributed by atoms with E-state index < -0.39 is 5.82 Å². The Morgan fingerprint density at radius 1 is 1.14 bits per heavy atom. The number of urea groups is 1. The first-order valence-electron chi connectivity index (χ1n) is 9.37. The second-order valence-electron chi connectivity index (χ2n) is 7.34. The van der Waals surface area contributed by atoms with Gasteiger partial charge in [-0.15, -0.1) is 0 Å². The fraction of sp³-hybridized carbons (Fsp3) is 0.368. The molecule has 0 spiro atoms. The number of aromatic nitrogens is 2. The van der Waals surface area contributed by atoms with Crippen LogP contribution in [0.15, 0.2) is 30.5 Å². The molecule has 1 aliphatic carbocycles. The van der Waals surface area contributed by atoms with Gasteiger partial charge in [0, 0.05) is 19.1 Å². The Balaban J connectivity index is 1.45. The van der Waals surface area contributed by atoms with Crippen molar-refractivity contribution in [1.29, 1.82) is 0 Å². The molecule has 144 valence electrons. The molecule has 3 amide bonds. The Hall–Kier alpha value is -3.23. The largest absolute Gasteiger partial charge is 0.366 e. The number of nitrogens with one attached hydrogen (secondary N) is 2. The standard InChI is InChI=1S/C19H19FN6O2/c20-11-1-6-16(21-9-11)24-19(28)26-13-7-8-25(10-13)15-5-4-14(23-17(15)26)18(27)22-12-2-3-12/h1,4-6,9,12-13H,2-3,7-8,10H2,(H,22,27)(H,21,24,28). The van der Waals surface area contributed by atoms with E-state index in [1.165, 1.54) is 12.1 Å². The van der Waals surface area contributed by atoms with Gasteiger partial charge in [0.1, 0.15) is 17.3 Å². The third kappa shape index (κ3) is 3.02. The van der Waals surface area contributed by atoms with Crippen molar-refractivity contribution in [3.05, 3.63) is 42.0 Å². The first-order chi connectivity index (χ1) is 13.6. The van der Waals surface area contributed by atoms with Crippen LogP contribution in [-0.4, -0.2) is 47.1 Å². The summed E-state index contributed by atoms with van der Waals surface area (Å²) in [7, 11) is 0. The smallest absolute Gasteiger partial charge is 0.329 e. The van der Waals surface area contributed by atoms with Crippen LogP contribution in [0.1, 0.15) is 29.8 Å². The van der Waals surface area contributed by atoms with Gasteiger partial charge in [-0.1, -0.05) is 0 Å². The highest BCUT2D eigenvalue weighted by molar-refractivity contribution is 6.05. The van der Waals surface area contributed by atoms with Crippen LogP contribution in [-0.2, 0) is 0 Å². The molecule has 8 nitrogen and oxygen atoms in total. The molecule has 2 aromatic heterocycles. The van der Waals surface area contributed by atoms with Crippen molar-refractivity contribution in [2.24, 2.45) is 0 Å². The first-order valence-corrected chi connectivity index (χ1v) is 9.37. The zero-order valence-electron chi connectivity index (χ0n) is 15.1. The quantitative estimate of drug-likeness (QED) is 0.849. The molecular weight excluding hydrogens is 363 g/mol. The lowest BCUT2D eigenvalue weighted by Crippen LogP contribution is -2.48. The Labute approximate surface area is 160 Å². The summed E-state index contributed by atoms with van der Waals surface area (Å²) in [5, 5.41) is 5.63. The number of hydrogen-bond acceptors (Lipinski definition) is 5. The lowest BCUT2D eigenvalue weighted by atomic mass is 10.1. The molecule has 1 saturated carbocycles. The highest BCUT2D eigenvalue weighted by Gasteiger charge is 2.40. The van der Waals surface area contributed by atoms with E-state index in [9.17, 15) is 14.0 Å². The summed E-state index contributed by atoms with van der Waals surface area (Å²) >= 11 is 0. The van der Waals surface area contributed by atoms with Crippen LogP contribution < -0.4 is 20.4 Å². The number of carbonyl (C=O) groups excluding carboxylic acids is 2. The number of hydrogen-bond donors (Lipinski definition) is 2. The molecule has 5 rings (SSSR count). The van der Waals surface area contributed by atoms with Crippen LogP contribution in [0.5, 0.6) is 0 Å². The highest BCUT2D eigenvalue weighted by Crippen LogP contribution is 2.39. The predicted molar refractivity (Wildman–Crippen MR) is 101 cm³/mol. The van der Waals surface area contributed by atoms with Crippen LogP contribution in [0.4, 0.5) is 26.5 Å². The molecular formula is C19H19FN6O2. The fourth-order valence-electron chi connectivity index (χ4n) is 3.70. The Morgan fingerprint density at radius 3 is 2.75 bits per heavy atom. The molecule has 2 N–H and O–H groups in total. The zero-order valence-corrected chi connectivity index (χ0v) is 15.1. The fourth-order valence-corrected chi connectivity index (χ4v) is 3.70. The molecule has 0 aromatic carbocycles. The van der Waals surface area contributed by atoms with Crippen LogP contribution in [0.3, 0.4) is 0 Å². The summed E-state index contributed by atoms with van der Waals surface area (Å²) < 4.78 is 13.1. The van der Waals surface area contributed by atoms with Crippen molar-refractivity contribution < 1.29 is 14.0 Å². The number of rotatable bonds is 3. The van der Waals surface area contributed by atoms with Crippen molar-refractivity contribution >= 4 is 29.3 Å². The van der Waals surface area contributed by atoms with Crippen molar-refractivity contribution in [3.63, 3.8) is 0 Å². The summed E-state index contributed by atoms with van der Waals surface area (Å²) in [5.74, 6) is 0.0346. The number of fused-ring (bicyclic) bond motifs is 4. The molecule has 2 aromatic rings. The highest BCUT2D eigenvalue weighted by atomic mass is 19.1. The molecule has 1 unspecified atom stereocenters. The predicted octanol–water partition coefficient (Wildman–Crippen LogP) is 2.14. The summed E-state index contributed by atoms with van der Waals surface area (Å²) in [6.45, 7) is 1.54. The maximum absolute atomic E-state index is 13.1. The van der Waals surface area contributed by atoms with E-state index in [2.05, 4.69) is 25.5 Å². The first kappa shape index (κ1) is 16.9. The minimum absolute atomic E-state index is 0.0396. The zero-order chi connectivity index (χ0) is 19.3. The van der Waals surface area contributed by atoms with Gasteiger partial charge in [-0.3, -0.25) is 15.0 Å². The minimum atomic E-state index is -0.472. The number of anilines is 3. The molecule has 2 bridgehead atoms. The molecule has 2 fully saturated rings. The van der Waals surface area contributed by atoms with E-state index in [0.29, 0.717) is 18.1 Å². The van der Waals surface area contributed by atoms with Crippen LogP contribution in [0, 0.1) is 5.82 Å². The minimum Gasteiger partial charge on any atom is -0.366 e. The molecule has 28 heavy (non-hydrogen) atoms. The summed E-state index contributed by atoms with van der Waals surface area (Å²) in [4.78, 5) is 37.6. The molecule has 4 heterocycles. The average molecular weight is 382 g/mol. The number of halogens is 1. The van der Waals surface area contributed by atoms with E-state index in [4.69, 9.17) is 0 Å². The number of nitrogens with zero attached hydrogens (tertiary/aromatic N) is 4. The van der Waals surface area contributed by atoms with E-state index in [-0.39, 0.29) is 29.8 Å². The van der Waals surface area contributed by atoms with Crippen molar-refractivity contribution in [2.45, 2.75) is 31.3 Å². The lowest BCUT2D eigenvalue weighted by Gasteiger charge is -2.35. The van der Waals surface area contributed by atoms with Crippen molar-refractivity contribution in [3.8, 4) is 0 Å². The molecule has 9 heteroatoms. The Kier molecular flexibility index (Phi) is 3.88. The Morgan fingerprint density at radius 2 is 2.00 bits per heavy atom. The van der Waals surface area contributed by atoms with E-state index in [1.807, 2.05) is 6.07 Å². The van der Waals surface area contributed by atoms with Crippen LogP contribution >= 0.6 is 0 Å². The second-order valence-corrected chi connectivity index (χ2v) is 7.34. The summed E-state index contributed by atoms with van der Waals surface area (Å²) in [5.41, 5.74) is 1.13. The van der Waals surface area contributed by atoms with Gasteiger partial charge < -0.3 is 10.2 Å². The number of pyridine rings is 2. The second kappa shape index (κ2) is 6.43. The topological polar surface area (TPSA) is 90.5 Å². The maximum Gasteiger partial charge on any atom is 0.329 e. The van der Waals surface area contributed by atoms with Gasteiger partial charge in [-0.05, 0) is 43.5 Å². The third-order valence-electron chi connectivity index (χ3n) is 5.28. The summed E-state index contributed by atoms with van der Waals surface area (Å²) in [6, 6.07) is 6.00. The SMILES string of the molecule is O=C(NC1CC1)c1ccc2c(n1)N(C(=O)Nc1ccc(F)cn1)C1CCN2C1. The molecule has 0 radical (unpaired) electrons. The number of amides is 3. The van der Waals surface area contributed by atoms with Gasteiger partial charge in [0.2, 0.25) is 0 Å². The monoisotopic (exact) mass is 382 g/mol. The van der Waals surface area contributed by atoms with E-state index >= 15 is 0 Å². The van der Waals surface area contributed by atoms with Crippen molar-refractivity contribution in [2.75, 3.05) is 28.2 Å². The number of carbonyl (C=O) groups is 2. The van der Waals surface area contributed by atoms with Gasteiger partial charge >= 0.3 is 6.03 Å². The molecule has 1 saturated heterocycles. The lowest BCUT2D eigenvalue weighted by molar-refractivity contribution is 0.0946. The van der Waals surface area contributed by atoms with Gasteiger partial charge in [0.15, 0.2) is 5.82 Å². The van der Waals surface area contributed by atoms with Crippen LogP contribution in [0.25, 0.3) is 0 Å². The third-order valence-corrected chi connectivity index (χ3v) is 5.28. The Bertz CT molecular complexity index is 946. The van der Waals surface area contributed by atoms with Gasteiger partial charge in [-0.2, -0.15) is 0 Å².